The van der Waals surface area contributed by atoms with Gasteiger partial charge in [-0.2, -0.15) is 18.3 Å². The molecule has 0 bridgehead atoms. The first-order chi connectivity index (χ1) is 10.8. The molecule has 0 saturated carbocycles. The second-order valence-corrected chi connectivity index (χ2v) is 5.65. The van der Waals surface area contributed by atoms with E-state index in [2.05, 4.69) is 15.5 Å². The largest absolute Gasteiger partial charge is 0.481 e. The van der Waals surface area contributed by atoms with Crippen LogP contribution in [0.4, 0.5) is 13.2 Å². The van der Waals surface area contributed by atoms with Crippen LogP contribution in [0, 0.1) is 0 Å². The number of amides is 1. The minimum absolute atomic E-state index is 0.143. The maximum absolute atomic E-state index is 12.4. The molecule has 1 heterocycles. The normalized spacial score (nSPS) is 20.2. The van der Waals surface area contributed by atoms with Crippen molar-refractivity contribution in [2.24, 2.45) is 10.2 Å². The number of thioether (sulfide) groups is 1. The Morgan fingerprint density at radius 3 is 2.57 bits per heavy atom. The van der Waals surface area contributed by atoms with E-state index < -0.39 is 28.9 Å². The minimum atomic E-state index is -4.40. The molecule has 1 saturated heterocycles. The fraction of sp³-hybridized carbons (Fsp3) is 0.231. The molecule has 1 amide bonds. The number of benzene rings is 1. The zero-order valence-corrected chi connectivity index (χ0v) is 12.2. The number of rotatable bonds is 4. The zero-order valence-electron chi connectivity index (χ0n) is 11.4. The van der Waals surface area contributed by atoms with Crippen molar-refractivity contribution >= 4 is 35.0 Å². The summed E-state index contributed by atoms with van der Waals surface area (Å²) in [7, 11) is 0. The third-order valence-electron chi connectivity index (χ3n) is 2.73. The van der Waals surface area contributed by atoms with Crippen LogP contribution in [-0.4, -0.2) is 33.6 Å². The average Bonchev–Trinajstić information content (AvgIpc) is 2.78. The van der Waals surface area contributed by atoms with Gasteiger partial charge in [-0.05, 0) is 17.7 Å². The van der Waals surface area contributed by atoms with Crippen molar-refractivity contribution in [3.8, 4) is 0 Å². The fourth-order valence-electron chi connectivity index (χ4n) is 1.65. The highest BCUT2D eigenvalue weighted by Crippen LogP contribution is 2.28. The van der Waals surface area contributed by atoms with Crippen LogP contribution in [0.1, 0.15) is 17.5 Å². The lowest BCUT2D eigenvalue weighted by molar-refractivity contribution is -0.138. The van der Waals surface area contributed by atoms with E-state index in [1.165, 1.54) is 18.3 Å². The van der Waals surface area contributed by atoms with Crippen LogP contribution >= 0.6 is 11.8 Å². The number of carboxylic acids is 1. The number of hydrogen-bond donors (Lipinski definition) is 2. The summed E-state index contributed by atoms with van der Waals surface area (Å²) >= 11 is 0.934. The van der Waals surface area contributed by atoms with Crippen molar-refractivity contribution in [1.29, 1.82) is 0 Å². The first-order valence-corrected chi connectivity index (χ1v) is 7.11. The topological polar surface area (TPSA) is 91.1 Å². The molecule has 0 aromatic heterocycles. The minimum Gasteiger partial charge on any atom is -0.481 e. The van der Waals surface area contributed by atoms with Gasteiger partial charge in [-0.15, -0.1) is 5.10 Å². The molecule has 1 atom stereocenters. The van der Waals surface area contributed by atoms with E-state index in [1.54, 1.807) is 0 Å². The number of hydrogen-bond acceptors (Lipinski definition) is 5. The van der Waals surface area contributed by atoms with Gasteiger partial charge in [-0.25, -0.2) is 0 Å². The molecule has 2 rings (SSSR count). The second-order valence-electron chi connectivity index (χ2n) is 4.46. The maximum atomic E-state index is 12.4. The standard InChI is InChI=1S/C13H10F3N3O3S/c14-13(15,16)8-3-1-7(2-4-8)6-17-19-12-18-11(22)9(23-12)5-10(20)21/h1-4,6,9H,5H2,(H,20,21)(H,18,19,22). The van der Waals surface area contributed by atoms with Gasteiger partial charge in [0.2, 0.25) is 5.91 Å². The number of nitrogens with zero attached hydrogens (tertiary/aromatic N) is 2. The number of amidine groups is 1. The van der Waals surface area contributed by atoms with E-state index in [4.69, 9.17) is 5.11 Å². The molecule has 23 heavy (non-hydrogen) atoms. The predicted octanol–water partition coefficient (Wildman–Crippen LogP) is 2.10. The van der Waals surface area contributed by atoms with Gasteiger partial charge in [-0.3, -0.25) is 9.59 Å². The summed E-state index contributed by atoms with van der Waals surface area (Å²) in [5, 5.41) is 17.7. The van der Waals surface area contributed by atoms with Gasteiger partial charge in [0.05, 0.1) is 18.2 Å². The zero-order chi connectivity index (χ0) is 17.0. The molecule has 6 nitrogen and oxygen atoms in total. The molecule has 0 aliphatic carbocycles. The Morgan fingerprint density at radius 1 is 1.35 bits per heavy atom. The van der Waals surface area contributed by atoms with Gasteiger partial charge < -0.3 is 10.4 Å². The summed E-state index contributed by atoms with van der Waals surface area (Å²) in [6.07, 6.45) is -3.51. The summed E-state index contributed by atoms with van der Waals surface area (Å²) in [6, 6.07) is 4.31. The Balaban J connectivity index is 1.99. The molecular formula is C13H10F3N3O3S. The summed E-state index contributed by atoms with van der Waals surface area (Å²) in [5.41, 5.74) is -0.366. The first kappa shape index (κ1) is 17.0. The van der Waals surface area contributed by atoms with Crippen molar-refractivity contribution in [1.82, 2.24) is 5.32 Å². The highest BCUT2D eigenvalue weighted by atomic mass is 32.2. The van der Waals surface area contributed by atoms with Crippen LogP contribution in [0.5, 0.6) is 0 Å². The molecule has 0 spiro atoms. The number of halogens is 3. The van der Waals surface area contributed by atoms with Gasteiger partial charge in [0, 0.05) is 0 Å². The molecule has 1 aromatic carbocycles. The van der Waals surface area contributed by atoms with Crippen LogP contribution < -0.4 is 5.32 Å². The van der Waals surface area contributed by atoms with Crippen LogP contribution in [0.3, 0.4) is 0 Å². The number of alkyl halides is 3. The number of carbonyl (C=O) groups excluding carboxylic acids is 1. The van der Waals surface area contributed by atoms with Gasteiger partial charge in [0.25, 0.3) is 0 Å². The van der Waals surface area contributed by atoms with Crippen LogP contribution in [0.2, 0.25) is 0 Å². The Bertz CT molecular complexity index is 671. The Kier molecular flexibility index (Phi) is 5.04. The van der Waals surface area contributed by atoms with Crippen LogP contribution in [0.15, 0.2) is 34.5 Å². The molecule has 1 unspecified atom stereocenters. The van der Waals surface area contributed by atoms with E-state index >= 15 is 0 Å². The highest BCUT2D eigenvalue weighted by Gasteiger charge is 2.32. The average molecular weight is 345 g/mol. The summed E-state index contributed by atoms with van der Waals surface area (Å²) < 4.78 is 37.2. The Labute approximate surface area is 132 Å². The van der Waals surface area contributed by atoms with E-state index in [0.717, 1.165) is 23.9 Å². The molecule has 2 N–H and O–H groups in total. The molecule has 0 radical (unpaired) electrons. The lowest BCUT2D eigenvalue weighted by Crippen LogP contribution is -2.26. The summed E-state index contributed by atoms with van der Waals surface area (Å²) in [5.74, 6) is -1.58. The molecule has 122 valence electrons. The third kappa shape index (κ3) is 4.81. The van der Waals surface area contributed by atoms with Gasteiger partial charge in [0.1, 0.15) is 5.25 Å². The Hall–Kier alpha value is -2.36. The number of carbonyl (C=O) groups is 2. The van der Waals surface area contributed by atoms with Crippen molar-refractivity contribution in [3.63, 3.8) is 0 Å². The predicted molar refractivity (Wildman–Crippen MR) is 78.2 cm³/mol. The summed E-state index contributed by atoms with van der Waals surface area (Å²) in [4.78, 5) is 22.0. The van der Waals surface area contributed by atoms with Gasteiger partial charge in [-0.1, -0.05) is 23.9 Å². The van der Waals surface area contributed by atoms with E-state index in [1.807, 2.05) is 0 Å². The lowest BCUT2D eigenvalue weighted by Gasteiger charge is -2.05. The molecule has 1 aliphatic heterocycles. The molecule has 1 fully saturated rings. The molecule has 1 aromatic rings. The second kappa shape index (κ2) is 6.82. The number of carboxylic acid groups (broad SMARTS) is 1. The number of nitrogens with one attached hydrogen (secondary N) is 1. The van der Waals surface area contributed by atoms with Gasteiger partial charge >= 0.3 is 12.1 Å². The van der Waals surface area contributed by atoms with E-state index in [9.17, 15) is 22.8 Å². The monoisotopic (exact) mass is 345 g/mol. The van der Waals surface area contributed by atoms with Crippen LogP contribution in [-0.2, 0) is 15.8 Å². The fourth-order valence-corrected chi connectivity index (χ4v) is 2.57. The quantitative estimate of drug-likeness (QED) is 0.646. The molecule has 1 aliphatic rings. The van der Waals surface area contributed by atoms with Gasteiger partial charge in [0.15, 0.2) is 5.17 Å². The van der Waals surface area contributed by atoms with Crippen LogP contribution in [0.25, 0.3) is 0 Å². The van der Waals surface area contributed by atoms with Crippen molar-refractivity contribution in [3.05, 3.63) is 35.4 Å². The molecule has 10 heteroatoms. The maximum Gasteiger partial charge on any atom is 0.416 e. The summed E-state index contributed by atoms with van der Waals surface area (Å²) in [6.45, 7) is 0. The molecular weight excluding hydrogens is 335 g/mol. The van der Waals surface area contributed by atoms with E-state index in [0.29, 0.717) is 5.56 Å². The van der Waals surface area contributed by atoms with Crippen molar-refractivity contribution in [2.45, 2.75) is 17.8 Å². The Morgan fingerprint density at radius 2 is 2.00 bits per heavy atom. The van der Waals surface area contributed by atoms with Crippen molar-refractivity contribution < 1.29 is 27.9 Å². The lowest BCUT2D eigenvalue weighted by atomic mass is 10.1. The number of aliphatic carboxylic acids is 1. The first-order valence-electron chi connectivity index (χ1n) is 6.23. The van der Waals surface area contributed by atoms with E-state index in [-0.39, 0.29) is 11.6 Å². The smallest absolute Gasteiger partial charge is 0.416 e. The highest BCUT2D eigenvalue weighted by molar-refractivity contribution is 8.15. The van der Waals surface area contributed by atoms with Crippen molar-refractivity contribution in [2.75, 3.05) is 0 Å². The SMILES string of the molecule is O=C(O)CC1SC(=NN=Cc2ccc(C(F)(F)F)cc2)NC1=O. The third-order valence-corrected chi connectivity index (χ3v) is 3.80.